The molecule has 6 rings (SSSR count). The Bertz CT molecular complexity index is 1230. The first-order valence-electron chi connectivity index (χ1n) is 20.8. The van der Waals surface area contributed by atoms with Gasteiger partial charge in [-0.25, -0.2) is 0 Å². The molecular formula is C45H74BLiN2O3. The fourth-order valence-corrected chi connectivity index (χ4v) is 7.79. The molecule has 2 aromatic carbocycles. The van der Waals surface area contributed by atoms with Gasteiger partial charge in [-0.1, -0.05) is 124 Å². The predicted molar refractivity (Wildman–Crippen MR) is 219 cm³/mol. The first kappa shape index (κ1) is 46.3. The molecule has 0 amide bonds. The molecule has 3 aliphatic rings. The van der Waals surface area contributed by atoms with Crippen molar-refractivity contribution in [1.29, 1.82) is 0 Å². The Balaban J connectivity index is 0.000000476. The van der Waals surface area contributed by atoms with Crippen LogP contribution in [0.1, 0.15) is 161 Å². The van der Waals surface area contributed by atoms with Crippen LogP contribution in [0, 0.1) is 6.20 Å². The molecule has 4 heterocycles. The van der Waals surface area contributed by atoms with Crippen molar-refractivity contribution in [2.45, 2.75) is 157 Å². The minimum atomic E-state index is -0.796. The zero-order valence-electron chi connectivity index (χ0n) is 35.7. The minimum absolute atomic E-state index is 0. The van der Waals surface area contributed by atoms with Crippen molar-refractivity contribution in [3.8, 4) is 11.4 Å². The number of imidazole rings is 1. The molecule has 0 N–H and O–H groups in total. The second kappa shape index (κ2) is 23.9. The van der Waals surface area contributed by atoms with Gasteiger partial charge in [0.05, 0.1) is 18.5 Å². The number of hydrogen-bond acceptors (Lipinski definition) is 3. The van der Waals surface area contributed by atoms with E-state index in [1.165, 1.54) is 77.9 Å². The van der Waals surface area contributed by atoms with Crippen LogP contribution in [0.25, 0.3) is 11.4 Å². The third kappa shape index (κ3) is 12.4. The Labute approximate surface area is 332 Å². The van der Waals surface area contributed by atoms with E-state index >= 15 is 0 Å². The average Bonchev–Trinajstić information content (AvgIpc) is 3.98. The van der Waals surface area contributed by atoms with E-state index in [1.54, 1.807) is 0 Å². The zero-order chi connectivity index (χ0) is 37.4. The molecule has 3 aromatic rings. The van der Waals surface area contributed by atoms with Gasteiger partial charge < -0.3 is 18.8 Å². The molecule has 0 radical (unpaired) electrons. The van der Waals surface area contributed by atoms with Gasteiger partial charge >= 0.3 is 18.9 Å². The van der Waals surface area contributed by atoms with Gasteiger partial charge in [0, 0.05) is 56.5 Å². The summed E-state index contributed by atoms with van der Waals surface area (Å²) in [6, 6.07) is 13.8. The van der Waals surface area contributed by atoms with Gasteiger partial charge in [-0.3, -0.25) is 4.57 Å². The van der Waals surface area contributed by atoms with E-state index in [4.69, 9.17) is 14.2 Å². The number of nitrogens with zero attached hydrogens (tertiary/aromatic N) is 2. The fraction of sp³-hybridized carbons (Fsp3) is 0.667. The second-order valence-corrected chi connectivity index (χ2v) is 16.2. The molecular weight excluding hydrogens is 634 g/mol. The molecule has 7 heteroatoms. The van der Waals surface area contributed by atoms with Crippen LogP contribution in [0.2, 0.25) is 19.0 Å². The van der Waals surface area contributed by atoms with Gasteiger partial charge in [0.2, 0.25) is 0 Å². The molecule has 3 aliphatic heterocycles. The van der Waals surface area contributed by atoms with Gasteiger partial charge in [-0.15, -0.1) is 0 Å². The van der Waals surface area contributed by atoms with Crippen LogP contribution in [0.15, 0.2) is 42.6 Å². The van der Waals surface area contributed by atoms with Gasteiger partial charge in [0.15, 0.2) is 0 Å². The van der Waals surface area contributed by atoms with Crippen molar-refractivity contribution >= 4 is 11.9 Å². The summed E-state index contributed by atoms with van der Waals surface area (Å²) in [6.07, 6.45) is 16.4. The van der Waals surface area contributed by atoms with Crippen LogP contribution in [-0.4, -0.2) is 50.4 Å². The van der Waals surface area contributed by atoms with E-state index < -0.39 is 6.15 Å². The summed E-state index contributed by atoms with van der Waals surface area (Å²) in [5.41, 5.74) is 9.84. The van der Waals surface area contributed by atoms with Gasteiger partial charge in [-0.2, -0.15) is 19.0 Å². The molecule has 0 aliphatic carbocycles. The third-order valence-electron chi connectivity index (χ3n) is 11.3. The average molecular weight is 709 g/mol. The first-order valence-corrected chi connectivity index (χ1v) is 20.8. The van der Waals surface area contributed by atoms with Gasteiger partial charge in [0.1, 0.15) is 5.69 Å². The van der Waals surface area contributed by atoms with Crippen LogP contribution in [0.3, 0.4) is 0 Å². The second-order valence-electron chi connectivity index (χ2n) is 16.2. The number of aromatic nitrogens is 2. The molecule has 3 saturated heterocycles. The van der Waals surface area contributed by atoms with Gasteiger partial charge in [0.25, 0.3) is 0 Å². The van der Waals surface area contributed by atoms with E-state index in [0.717, 1.165) is 58.6 Å². The Hall–Kier alpha value is -1.81. The van der Waals surface area contributed by atoms with Crippen LogP contribution in [0.4, 0.5) is 0 Å². The van der Waals surface area contributed by atoms with Crippen LogP contribution in [-0.2, 0) is 14.2 Å². The molecule has 52 heavy (non-hydrogen) atoms. The Morgan fingerprint density at radius 3 is 1.17 bits per heavy atom. The smallest absolute Gasteiger partial charge is 0.393 e. The number of benzene rings is 2. The van der Waals surface area contributed by atoms with Crippen molar-refractivity contribution < 1.29 is 37.6 Å². The quantitative estimate of drug-likeness (QED) is 0.121. The SMILES string of the molecule is C1CCOC1.C1CCOC1.C1CCOC1.CC[B-](CC)(CC)c1n(-c2c(C(C)C)cccc2C(C)C)c[c-][n+]1-c1c(C(C)C)cccc1C(C)C.[Li+]. The Morgan fingerprint density at radius 1 is 0.577 bits per heavy atom. The van der Waals surface area contributed by atoms with Crippen molar-refractivity contribution in [3.05, 3.63) is 71.0 Å². The van der Waals surface area contributed by atoms with Crippen LogP contribution >= 0.6 is 0 Å². The summed E-state index contributed by atoms with van der Waals surface area (Å²) in [5, 5.41) is 0. The molecule has 0 spiro atoms. The molecule has 0 saturated carbocycles. The van der Waals surface area contributed by atoms with E-state index in [0.29, 0.717) is 23.7 Å². The fourth-order valence-electron chi connectivity index (χ4n) is 7.79. The minimum Gasteiger partial charge on any atom is -0.393 e. The topological polar surface area (TPSA) is 36.5 Å². The predicted octanol–water partition coefficient (Wildman–Crippen LogP) is 8.16. The van der Waals surface area contributed by atoms with E-state index in [-0.39, 0.29) is 18.9 Å². The number of para-hydroxylation sites is 2. The van der Waals surface area contributed by atoms with Crippen LogP contribution < -0.4 is 29.2 Å². The monoisotopic (exact) mass is 709 g/mol. The zero-order valence-corrected chi connectivity index (χ0v) is 35.7. The number of hydrogen-bond donors (Lipinski definition) is 0. The van der Waals surface area contributed by atoms with Crippen molar-refractivity contribution in [1.82, 2.24) is 4.57 Å². The standard InChI is InChI=1S/C33H50BN2.3C4H8O.Li/c1-12-34(13-2,14-3)33-35(31-27(23(4)5)17-15-18-28(31)24(6)7)21-22-36(33)32-29(25(8)9)19-16-20-30(32)26(10)11;3*1-2-4-5-3-1;/h15-21,23-26H,12-14H2,1-11H3;3*1-4H2;/q-1;;;;+1. The van der Waals surface area contributed by atoms with Crippen LogP contribution in [0.5, 0.6) is 0 Å². The van der Waals surface area contributed by atoms with Gasteiger partial charge in [-0.05, 0) is 67.9 Å². The van der Waals surface area contributed by atoms with E-state index in [9.17, 15) is 0 Å². The first-order chi connectivity index (χ1) is 24.5. The maximum absolute atomic E-state index is 4.94. The summed E-state index contributed by atoms with van der Waals surface area (Å²) in [5.74, 6) is 1.78. The summed E-state index contributed by atoms with van der Waals surface area (Å²) in [4.78, 5) is 0. The summed E-state index contributed by atoms with van der Waals surface area (Å²) in [6.45, 7) is 31.8. The van der Waals surface area contributed by atoms with E-state index in [1.807, 2.05) is 0 Å². The largest absolute Gasteiger partial charge is 1.00 e. The molecule has 286 valence electrons. The number of ether oxygens (including phenoxy) is 3. The summed E-state index contributed by atoms with van der Waals surface area (Å²) in [7, 11) is 0. The third-order valence-corrected chi connectivity index (χ3v) is 11.3. The molecule has 3 fully saturated rings. The maximum atomic E-state index is 4.94. The molecule has 0 unspecified atom stereocenters. The molecule has 1 aromatic heterocycles. The Kier molecular flexibility index (Phi) is 21.3. The number of rotatable bonds is 10. The van der Waals surface area contributed by atoms with Crippen molar-refractivity contribution in [3.63, 3.8) is 0 Å². The van der Waals surface area contributed by atoms with Crippen molar-refractivity contribution in [2.75, 3.05) is 39.6 Å². The van der Waals surface area contributed by atoms with E-state index in [2.05, 4.69) is 134 Å². The molecule has 5 nitrogen and oxygen atoms in total. The maximum Gasteiger partial charge on any atom is 1.00 e. The van der Waals surface area contributed by atoms with Crippen molar-refractivity contribution in [2.24, 2.45) is 0 Å². The Morgan fingerprint density at radius 2 is 0.904 bits per heavy atom. The summed E-state index contributed by atoms with van der Waals surface area (Å²) < 4.78 is 19.9. The normalized spacial score (nSPS) is 15.6. The summed E-state index contributed by atoms with van der Waals surface area (Å²) >= 11 is 0. The molecule has 0 bridgehead atoms. The molecule has 0 atom stereocenters.